The Morgan fingerprint density at radius 1 is 1.33 bits per heavy atom. The van der Waals surface area contributed by atoms with Gasteiger partial charge in [0.05, 0.1) is 29.6 Å². The van der Waals surface area contributed by atoms with Gasteiger partial charge < -0.3 is 19.9 Å². The van der Waals surface area contributed by atoms with Gasteiger partial charge in [-0.1, -0.05) is 0 Å². The van der Waals surface area contributed by atoms with Crippen molar-refractivity contribution < 1.29 is 17.9 Å². The first kappa shape index (κ1) is 17.2. The summed E-state index contributed by atoms with van der Waals surface area (Å²) in [6.07, 6.45) is 2.52. The van der Waals surface area contributed by atoms with Gasteiger partial charge in [0.1, 0.15) is 0 Å². The lowest BCUT2D eigenvalue weighted by Crippen LogP contribution is -2.31. The van der Waals surface area contributed by atoms with Gasteiger partial charge in [0.2, 0.25) is 5.75 Å². The van der Waals surface area contributed by atoms with Crippen molar-refractivity contribution in [1.82, 2.24) is 9.55 Å². The fourth-order valence-corrected chi connectivity index (χ4v) is 2.99. The summed E-state index contributed by atoms with van der Waals surface area (Å²) in [4.78, 5) is 16.2. The maximum atomic E-state index is 13.8. The quantitative estimate of drug-likeness (QED) is 0.719. The van der Waals surface area contributed by atoms with Crippen LogP contribution in [0, 0.1) is 5.82 Å². The first-order valence-electron chi connectivity index (χ1n) is 8.13. The molecule has 0 radical (unpaired) electrons. The molecule has 3 heterocycles. The van der Waals surface area contributed by atoms with E-state index in [1.165, 1.54) is 23.9 Å². The Hall–Kier alpha value is -3.23. The number of benzene rings is 1. The zero-order valence-electron chi connectivity index (χ0n) is 14.2. The topological polar surface area (TPSA) is 68.2 Å². The molecule has 2 N–H and O–H groups in total. The zero-order chi connectivity index (χ0) is 19.2. The van der Waals surface area contributed by atoms with E-state index in [2.05, 4.69) is 15.6 Å². The number of fused-ring (bicyclic) bond motifs is 3. The number of anilines is 3. The lowest BCUT2D eigenvalue weighted by Gasteiger charge is -2.15. The third-order valence-corrected chi connectivity index (χ3v) is 4.36. The molecule has 2 aromatic heterocycles. The van der Waals surface area contributed by atoms with Crippen LogP contribution in [0.3, 0.4) is 0 Å². The van der Waals surface area contributed by atoms with Gasteiger partial charge in [0.25, 0.3) is 11.5 Å². The highest BCUT2D eigenvalue weighted by atomic mass is 19.3. The second-order valence-corrected chi connectivity index (χ2v) is 6.28. The molecule has 6 nitrogen and oxygen atoms in total. The molecule has 140 valence electrons. The smallest absolute Gasteiger partial charge is 0.298 e. The molecule has 0 fully saturated rings. The lowest BCUT2D eigenvalue weighted by atomic mass is 10.1. The van der Waals surface area contributed by atoms with Crippen molar-refractivity contribution in [3.63, 3.8) is 0 Å². The highest BCUT2D eigenvalue weighted by molar-refractivity contribution is 5.97. The second kappa shape index (κ2) is 6.19. The average Bonchev–Trinajstić information content (AvgIpc) is 2.80. The van der Waals surface area contributed by atoms with Crippen LogP contribution < -0.4 is 20.9 Å². The van der Waals surface area contributed by atoms with Crippen molar-refractivity contribution in [2.45, 2.75) is 5.92 Å². The molecule has 0 unspecified atom stereocenters. The van der Waals surface area contributed by atoms with Crippen LogP contribution in [-0.2, 0) is 7.05 Å². The minimum Gasteiger partial charge on any atom is -0.480 e. The number of ether oxygens (including phenoxy) is 1. The van der Waals surface area contributed by atoms with E-state index in [0.29, 0.717) is 16.6 Å². The van der Waals surface area contributed by atoms with Crippen molar-refractivity contribution >= 4 is 28.0 Å². The number of nitrogens with one attached hydrogen (secondary N) is 2. The maximum absolute atomic E-state index is 13.8. The molecule has 4 rings (SSSR count). The summed E-state index contributed by atoms with van der Waals surface area (Å²) in [6, 6.07) is 6.44. The minimum absolute atomic E-state index is 0.158. The predicted octanol–water partition coefficient (Wildman–Crippen LogP) is 3.26. The Morgan fingerprint density at radius 3 is 2.93 bits per heavy atom. The van der Waals surface area contributed by atoms with E-state index in [4.69, 9.17) is 4.74 Å². The van der Waals surface area contributed by atoms with Gasteiger partial charge >= 0.3 is 0 Å². The fraction of sp³-hybridized carbons (Fsp3) is 0.222. The standard InChI is InChI=1S/C18H15F3N4O2/c1-25-14-3-2-10(24-13-4-5-22-7-12(13)19)6-11(14)15-16(17(25)26)27-9-18(20,21)8-23-15/h2-7,23H,8-9H2,1H3,(H,22,24). The number of pyridine rings is 2. The normalized spacial score (nSPS) is 15.4. The molecule has 27 heavy (non-hydrogen) atoms. The van der Waals surface area contributed by atoms with Crippen molar-refractivity contribution in [3.8, 4) is 5.75 Å². The molecule has 0 spiro atoms. The number of aromatic nitrogens is 2. The molecule has 0 saturated carbocycles. The van der Waals surface area contributed by atoms with Crippen molar-refractivity contribution in [2.75, 3.05) is 23.8 Å². The number of hydrogen-bond donors (Lipinski definition) is 2. The third-order valence-electron chi connectivity index (χ3n) is 4.36. The summed E-state index contributed by atoms with van der Waals surface area (Å²) in [5, 5.41) is 6.05. The van der Waals surface area contributed by atoms with Gasteiger partial charge in [-0.05, 0) is 24.3 Å². The Labute approximate surface area is 151 Å². The van der Waals surface area contributed by atoms with Crippen LogP contribution in [0.15, 0.2) is 41.5 Å². The number of rotatable bonds is 2. The molecular formula is C18H15F3N4O2. The Bertz CT molecular complexity index is 1100. The van der Waals surface area contributed by atoms with E-state index in [0.717, 1.165) is 6.20 Å². The van der Waals surface area contributed by atoms with Crippen LogP contribution in [0.1, 0.15) is 0 Å². The molecule has 0 bridgehead atoms. The number of nitrogens with zero attached hydrogens (tertiary/aromatic N) is 2. The molecule has 9 heteroatoms. The van der Waals surface area contributed by atoms with Gasteiger partial charge in [-0.2, -0.15) is 0 Å². The fourth-order valence-electron chi connectivity index (χ4n) is 2.99. The summed E-state index contributed by atoms with van der Waals surface area (Å²) >= 11 is 0. The summed E-state index contributed by atoms with van der Waals surface area (Å²) in [5.74, 6) is -3.79. The predicted molar refractivity (Wildman–Crippen MR) is 95.6 cm³/mol. The van der Waals surface area contributed by atoms with Crippen LogP contribution in [0.5, 0.6) is 5.75 Å². The van der Waals surface area contributed by atoms with Crippen molar-refractivity contribution in [1.29, 1.82) is 0 Å². The van der Waals surface area contributed by atoms with Crippen LogP contribution in [0.25, 0.3) is 10.9 Å². The van der Waals surface area contributed by atoms with E-state index in [1.807, 2.05) is 0 Å². The molecule has 1 aliphatic rings. The monoisotopic (exact) mass is 376 g/mol. The van der Waals surface area contributed by atoms with Crippen LogP contribution in [0.2, 0.25) is 0 Å². The molecule has 0 aliphatic carbocycles. The molecule has 1 aromatic carbocycles. The molecule has 1 aliphatic heterocycles. The zero-order valence-corrected chi connectivity index (χ0v) is 14.2. The van der Waals surface area contributed by atoms with Crippen LogP contribution >= 0.6 is 0 Å². The number of aryl methyl sites for hydroxylation is 1. The average molecular weight is 376 g/mol. The van der Waals surface area contributed by atoms with Gasteiger partial charge in [0, 0.05) is 24.3 Å². The van der Waals surface area contributed by atoms with Crippen molar-refractivity contribution in [2.24, 2.45) is 7.05 Å². The molecule has 0 saturated heterocycles. The minimum atomic E-state index is -3.10. The van der Waals surface area contributed by atoms with Crippen molar-refractivity contribution in [3.05, 3.63) is 52.8 Å². The highest BCUT2D eigenvalue weighted by Crippen LogP contribution is 2.35. The summed E-state index contributed by atoms with van der Waals surface area (Å²) in [5.41, 5.74) is 0.954. The highest BCUT2D eigenvalue weighted by Gasteiger charge is 2.35. The van der Waals surface area contributed by atoms with Crippen LogP contribution in [-0.4, -0.2) is 28.6 Å². The first-order chi connectivity index (χ1) is 12.9. The van der Waals surface area contributed by atoms with Crippen LogP contribution in [0.4, 0.5) is 30.2 Å². The van der Waals surface area contributed by atoms with E-state index in [9.17, 15) is 18.0 Å². The molecular weight excluding hydrogens is 361 g/mol. The lowest BCUT2D eigenvalue weighted by molar-refractivity contribution is -0.0251. The molecule has 3 aromatic rings. The summed E-state index contributed by atoms with van der Waals surface area (Å²) < 4.78 is 47.7. The SMILES string of the molecule is Cn1c(=O)c2c(c3cc(Nc4ccncc4F)ccc31)NCC(F)(F)CO2. The molecule has 0 atom stereocenters. The van der Waals surface area contributed by atoms with E-state index >= 15 is 0 Å². The van der Waals surface area contributed by atoms with Gasteiger partial charge in [-0.15, -0.1) is 0 Å². The van der Waals surface area contributed by atoms with E-state index in [1.54, 1.807) is 18.2 Å². The number of hydrogen-bond acceptors (Lipinski definition) is 5. The third kappa shape index (κ3) is 3.05. The largest absolute Gasteiger partial charge is 0.480 e. The van der Waals surface area contributed by atoms with E-state index in [-0.39, 0.29) is 17.1 Å². The maximum Gasteiger partial charge on any atom is 0.298 e. The summed E-state index contributed by atoms with van der Waals surface area (Å²) in [6.45, 7) is -1.53. The number of alkyl halides is 2. The second-order valence-electron chi connectivity index (χ2n) is 6.28. The first-order valence-corrected chi connectivity index (χ1v) is 8.13. The Balaban J connectivity index is 1.86. The Kier molecular flexibility index (Phi) is 3.94. The number of halogens is 3. The van der Waals surface area contributed by atoms with Gasteiger partial charge in [0.15, 0.2) is 12.4 Å². The Morgan fingerprint density at radius 2 is 2.15 bits per heavy atom. The summed E-state index contributed by atoms with van der Waals surface area (Å²) in [7, 11) is 1.53. The van der Waals surface area contributed by atoms with Gasteiger partial charge in [-0.3, -0.25) is 9.78 Å². The molecule has 0 amide bonds. The van der Waals surface area contributed by atoms with E-state index < -0.39 is 30.5 Å². The van der Waals surface area contributed by atoms with Gasteiger partial charge in [-0.25, -0.2) is 13.2 Å².